The average Bonchev–Trinajstić information content (AvgIpc) is 1.93. The molecule has 18 heavy (non-hydrogen) atoms. The van der Waals surface area contributed by atoms with Gasteiger partial charge in [0.25, 0.3) is 0 Å². The zero-order valence-corrected chi connectivity index (χ0v) is 11.9. The SMILES string of the molecule is CC(O)(CCOP(=O)(O)OP(O)(O)=S)CC(=O)O. The van der Waals surface area contributed by atoms with Crippen molar-refractivity contribution in [2.75, 3.05) is 6.61 Å². The largest absolute Gasteiger partial charge is 0.481 e. The van der Waals surface area contributed by atoms with Crippen molar-refractivity contribution >= 4 is 32.3 Å². The first kappa shape index (κ1) is 18.1. The van der Waals surface area contributed by atoms with E-state index in [1.54, 1.807) is 0 Å². The number of carboxylic acids is 1. The van der Waals surface area contributed by atoms with Crippen LogP contribution in [0, 0.1) is 0 Å². The maximum Gasteiger partial charge on any atom is 0.479 e. The molecular formula is C6H14O9P2S. The van der Waals surface area contributed by atoms with Gasteiger partial charge in [0.2, 0.25) is 0 Å². The molecule has 12 heteroatoms. The third-order valence-electron chi connectivity index (χ3n) is 1.64. The summed E-state index contributed by atoms with van der Waals surface area (Å²) in [7, 11) is -4.75. The third-order valence-corrected chi connectivity index (χ3v) is 4.42. The molecule has 0 saturated carbocycles. The Balaban J connectivity index is 4.22. The van der Waals surface area contributed by atoms with Gasteiger partial charge in [-0.15, -0.1) is 0 Å². The monoisotopic (exact) mass is 324 g/mol. The van der Waals surface area contributed by atoms with Crippen molar-refractivity contribution in [1.82, 2.24) is 0 Å². The number of phosphoric acid groups is 1. The predicted octanol–water partition coefficient (Wildman–Crippen LogP) is -0.0551. The van der Waals surface area contributed by atoms with E-state index in [0.29, 0.717) is 0 Å². The molecule has 0 amide bonds. The summed E-state index contributed by atoms with van der Waals surface area (Å²) in [4.78, 5) is 36.6. The number of rotatable bonds is 8. The molecule has 0 saturated heterocycles. The highest BCUT2D eigenvalue weighted by atomic mass is 32.5. The molecule has 0 fully saturated rings. The second-order valence-electron chi connectivity index (χ2n) is 3.69. The summed E-state index contributed by atoms with van der Waals surface area (Å²) in [5.74, 6) is -1.25. The molecule has 0 aliphatic rings. The Hall–Kier alpha value is 0.110. The summed E-state index contributed by atoms with van der Waals surface area (Å²) in [6.45, 7) is -3.67. The molecule has 0 aromatic heterocycles. The Morgan fingerprint density at radius 2 is 1.89 bits per heavy atom. The highest BCUT2D eigenvalue weighted by molar-refractivity contribution is 8.08. The van der Waals surface area contributed by atoms with E-state index in [0.717, 1.165) is 0 Å². The molecule has 0 aromatic rings. The topological polar surface area (TPSA) is 154 Å². The molecule has 0 aliphatic carbocycles. The Labute approximate surface area is 108 Å². The number of aliphatic carboxylic acids is 1. The van der Waals surface area contributed by atoms with E-state index in [4.69, 9.17) is 19.8 Å². The molecule has 0 aliphatic heterocycles. The quantitative estimate of drug-likeness (QED) is 0.384. The fourth-order valence-electron chi connectivity index (χ4n) is 0.953. The molecule has 0 heterocycles. The number of carbonyl (C=O) groups is 1. The van der Waals surface area contributed by atoms with Crippen LogP contribution in [0.3, 0.4) is 0 Å². The molecule has 5 N–H and O–H groups in total. The molecule has 108 valence electrons. The van der Waals surface area contributed by atoms with Crippen LogP contribution in [0.2, 0.25) is 0 Å². The van der Waals surface area contributed by atoms with Crippen molar-refractivity contribution in [3.63, 3.8) is 0 Å². The van der Waals surface area contributed by atoms with Gasteiger partial charge in [-0.1, -0.05) is 0 Å². The van der Waals surface area contributed by atoms with Crippen molar-refractivity contribution in [1.29, 1.82) is 0 Å². The van der Waals surface area contributed by atoms with Crippen LogP contribution >= 0.6 is 14.5 Å². The minimum absolute atomic E-state index is 0.271. The van der Waals surface area contributed by atoms with E-state index < -0.39 is 39.1 Å². The van der Waals surface area contributed by atoms with Gasteiger partial charge in [-0.25, -0.2) is 8.88 Å². The van der Waals surface area contributed by atoms with Gasteiger partial charge in [-0.05, 0) is 18.7 Å². The van der Waals surface area contributed by atoms with Crippen molar-refractivity contribution in [3.05, 3.63) is 0 Å². The second-order valence-corrected chi connectivity index (χ2v) is 7.95. The number of hydrogen-bond acceptors (Lipinski definition) is 6. The molecule has 0 aromatic carbocycles. The van der Waals surface area contributed by atoms with Crippen LogP contribution in [0.15, 0.2) is 0 Å². The van der Waals surface area contributed by atoms with E-state index in [-0.39, 0.29) is 6.42 Å². The predicted molar refractivity (Wildman–Crippen MR) is 63.1 cm³/mol. The molecule has 2 atom stereocenters. The second kappa shape index (κ2) is 6.51. The number of phosphoric ester groups is 1. The molecule has 9 nitrogen and oxygen atoms in total. The highest BCUT2D eigenvalue weighted by Gasteiger charge is 2.31. The molecular weight excluding hydrogens is 310 g/mol. The van der Waals surface area contributed by atoms with Crippen molar-refractivity contribution in [2.45, 2.75) is 25.4 Å². The summed E-state index contributed by atoms with van der Waals surface area (Å²) in [5.41, 5.74) is -1.63. The Kier molecular flexibility index (Phi) is 6.55. The van der Waals surface area contributed by atoms with Gasteiger partial charge in [-0.2, -0.15) is 0 Å². The Morgan fingerprint density at radius 3 is 2.28 bits per heavy atom. The molecule has 0 spiro atoms. The smallest absolute Gasteiger partial charge is 0.479 e. The zero-order valence-electron chi connectivity index (χ0n) is 9.29. The summed E-state index contributed by atoms with van der Waals surface area (Å²) in [5, 5.41) is 18.0. The lowest BCUT2D eigenvalue weighted by Crippen LogP contribution is -2.29. The van der Waals surface area contributed by atoms with Crippen molar-refractivity contribution in [3.8, 4) is 0 Å². The maximum atomic E-state index is 11.1. The molecule has 0 bridgehead atoms. The maximum absolute atomic E-state index is 11.1. The fourth-order valence-corrected chi connectivity index (χ4v) is 3.30. The lowest BCUT2D eigenvalue weighted by Gasteiger charge is -2.21. The summed E-state index contributed by atoms with van der Waals surface area (Å²) >= 11 is 3.97. The van der Waals surface area contributed by atoms with E-state index in [1.807, 2.05) is 0 Å². The molecule has 0 rings (SSSR count). The van der Waals surface area contributed by atoms with Crippen LogP contribution < -0.4 is 0 Å². The number of aliphatic hydroxyl groups is 1. The first-order chi connectivity index (χ1) is 7.83. The first-order valence-corrected chi connectivity index (χ1v) is 8.63. The summed E-state index contributed by atoms with van der Waals surface area (Å²) in [6.07, 6.45) is -0.849. The fraction of sp³-hybridized carbons (Fsp3) is 0.833. The van der Waals surface area contributed by atoms with E-state index in [1.165, 1.54) is 6.92 Å². The van der Waals surface area contributed by atoms with Gasteiger partial charge in [-0.3, -0.25) is 9.32 Å². The van der Waals surface area contributed by atoms with Crippen molar-refractivity contribution < 1.29 is 43.1 Å². The van der Waals surface area contributed by atoms with Crippen LogP contribution in [0.4, 0.5) is 0 Å². The Bertz CT molecular complexity index is 389. The average molecular weight is 324 g/mol. The van der Waals surface area contributed by atoms with Crippen LogP contribution in [0.5, 0.6) is 0 Å². The lowest BCUT2D eigenvalue weighted by atomic mass is 9.99. The van der Waals surface area contributed by atoms with E-state index in [2.05, 4.69) is 20.6 Å². The number of hydrogen-bond donors (Lipinski definition) is 5. The van der Waals surface area contributed by atoms with Gasteiger partial charge >= 0.3 is 20.5 Å². The van der Waals surface area contributed by atoms with Crippen LogP contribution in [-0.2, 0) is 30.0 Å². The van der Waals surface area contributed by atoms with Crippen LogP contribution in [0.1, 0.15) is 19.8 Å². The summed E-state index contributed by atoms with van der Waals surface area (Å²) < 4.78 is 19.2. The zero-order chi connectivity index (χ0) is 14.6. The minimum Gasteiger partial charge on any atom is -0.481 e. The van der Waals surface area contributed by atoms with Gasteiger partial charge in [0.05, 0.1) is 18.6 Å². The Morgan fingerprint density at radius 1 is 1.39 bits per heavy atom. The first-order valence-electron chi connectivity index (χ1n) is 4.51. The van der Waals surface area contributed by atoms with E-state index in [9.17, 15) is 14.5 Å². The van der Waals surface area contributed by atoms with E-state index >= 15 is 0 Å². The highest BCUT2D eigenvalue weighted by Crippen LogP contribution is 2.57. The molecule has 0 radical (unpaired) electrons. The van der Waals surface area contributed by atoms with Gasteiger partial charge in [0.15, 0.2) is 0 Å². The van der Waals surface area contributed by atoms with Gasteiger partial charge in [0.1, 0.15) is 0 Å². The summed E-state index contributed by atoms with van der Waals surface area (Å²) in [6, 6.07) is 0. The van der Waals surface area contributed by atoms with Crippen molar-refractivity contribution in [2.24, 2.45) is 0 Å². The van der Waals surface area contributed by atoms with Crippen LogP contribution in [-0.4, -0.2) is 43.1 Å². The van der Waals surface area contributed by atoms with Crippen LogP contribution in [0.25, 0.3) is 0 Å². The molecule has 2 unspecified atom stereocenters. The van der Waals surface area contributed by atoms with Gasteiger partial charge in [0, 0.05) is 6.42 Å². The minimum atomic E-state index is -4.75. The lowest BCUT2D eigenvalue weighted by molar-refractivity contribution is -0.142. The normalized spacial score (nSPS) is 18.9. The third kappa shape index (κ3) is 10.1. The number of carboxylic acid groups (broad SMARTS) is 1. The standard InChI is InChI=1S/C6H14O9P2S/c1-6(9,4-5(7)8)2-3-14-16(10,11)15-17(12,13)18/h9H,2-4H2,1H3,(H,7,8)(H,10,11)(H2,12,13,18). The van der Waals surface area contributed by atoms with Gasteiger partial charge < -0.3 is 24.9 Å².